The molecule has 288 valence electrons. The SMILES string of the molecule is CC(=O)N[C@H](CCCN=C(N)N)C(=O)N[C@H](CS)C(=O)NCC(=O)N[C@@H](C(=O)N1CCC[C@@H]1C(=O)N[C@@H](CC(=O)O)C(N)=O)C(C)C.CC(=O)O. The van der Waals surface area contributed by atoms with Crippen LogP contribution in [0.4, 0.5) is 0 Å². The van der Waals surface area contributed by atoms with Crippen LogP contribution in [0.1, 0.15) is 59.8 Å². The van der Waals surface area contributed by atoms with Crippen LogP contribution in [0.5, 0.6) is 0 Å². The fourth-order valence-electron chi connectivity index (χ4n) is 4.66. The highest BCUT2D eigenvalue weighted by molar-refractivity contribution is 7.80. The average Bonchev–Trinajstić information content (AvgIpc) is 3.51. The molecule has 7 amide bonds. The number of thiol groups is 1. The van der Waals surface area contributed by atoms with Crippen LogP contribution in [-0.4, -0.2) is 130 Å². The third-order valence-electron chi connectivity index (χ3n) is 7.00. The molecule has 0 aromatic carbocycles. The zero-order valence-corrected chi connectivity index (χ0v) is 29.9. The van der Waals surface area contributed by atoms with Gasteiger partial charge in [0.2, 0.25) is 41.4 Å². The van der Waals surface area contributed by atoms with Crippen molar-refractivity contribution in [3.63, 3.8) is 0 Å². The second kappa shape index (κ2) is 23.3. The third-order valence-corrected chi connectivity index (χ3v) is 7.37. The fourth-order valence-corrected chi connectivity index (χ4v) is 4.92. The van der Waals surface area contributed by atoms with Crippen LogP contribution in [0.2, 0.25) is 0 Å². The van der Waals surface area contributed by atoms with E-state index in [1.54, 1.807) is 13.8 Å². The van der Waals surface area contributed by atoms with Gasteiger partial charge in [-0.05, 0) is 31.6 Å². The number of hydrogen-bond donors (Lipinski definition) is 11. The number of likely N-dealkylation sites (tertiary alicyclic amines) is 1. The number of carboxylic acid groups (broad SMARTS) is 2. The molecule has 51 heavy (non-hydrogen) atoms. The summed E-state index contributed by atoms with van der Waals surface area (Å²) in [5.74, 6) is -7.90. The molecule has 0 spiro atoms. The first-order valence-electron chi connectivity index (χ1n) is 15.8. The Hall–Kier alpha value is -5.15. The van der Waals surface area contributed by atoms with Crippen LogP contribution < -0.4 is 43.8 Å². The summed E-state index contributed by atoms with van der Waals surface area (Å²) in [6.45, 7) is 5.46. The van der Waals surface area contributed by atoms with Crippen molar-refractivity contribution >= 4 is 71.9 Å². The van der Waals surface area contributed by atoms with Crippen molar-refractivity contribution in [1.29, 1.82) is 0 Å². The molecule has 0 bridgehead atoms. The Morgan fingerprint density at radius 1 is 0.882 bits per heavy atom. The van der Waals surface area contributed by atoms with Crippen LogP contribution >= 0.6 is 12.6 Å². The number of nitrogens with one attached hydrogen (secondary N) is 5. The Labute approximate surface area is 300 Å². The fraction of sp³-hybridized carbons (Fsp3) is 0.655. The van der Waals surface area contributed by atoms with E-state index in [4.69, 9.17) is 32.2 Å². The number of aliphatic imine (C=N–C) groups is 1. The van der Waals surface area contributed by atoms with E-state index in [2.05, 4.69) is 44.2 Å². The van der Waals surface area contributed by atoms with Crippen molar-refractivity contribution in [2.24, 2.45) is 28.1 Å². The Balaban J connectivity index is 0.00000591. The Bertz CT molecular complexity index is 1310. The lowest BCUT2D eigenvalue weighted by atomic mass is 10.0. The number of hydrogen-bond acceptors (Lipinski definition) is 11. The molecule has 1 saturated heterocycles. The Morgan fingerprint density at radius 2 is 1.49 bits per heavy atom. The van der Waals surface area contributed by atoms with Crippen LogP contribution in [0, 0.1) is 5.92 Å². The van der Waals surface area contributed by atoms with Crippen molar-refractivity contribution in [2.75, 3.05) is 25.4 Å². The van der Waals surface area contributed by atoms with Gasteiger partial charge < -0.3 is 58.9 Å². The summed E-state index contributed by atoms with van der Waals surface area (Å²) in [6, 6.07) is -5.77. The van der Waals surface area contributed by atoms with Crippen LogP contribution in [0.3, 0.4) is 0 Å². The molecule has 0 radical (unpaired) electrons. The lowest BCUT2D eigenvalue weighted by Gasteiger charge is -2.31. The van der Waals surface area contributed by atoms with Gasteiger partial charge in [0, 0.05) is 32.7 Å². The van der Waals surface area contributed by atoms with Crippen LogP contribution in [-0.2, 0) is 43.2 Å². The first-order chi connectivity index (χ1) is 23.7. The van der Waals surface area contributed by atoms with Gasteiger partial charge in [0.1, 0.15) is 30.2 Å². The van der Waals surface area contributed by atoms with E-state index in [-0.39, 0.29) is 37.6 Å². The van der Waals surface area contributed by atoms with Gasteiger partial charge in [-0.2, -0.15) is 12.6 Å². The summed E-state index contributed by atoms with van der Waals surface area (Å²) >= 11 is 4.11. The number of carbonyl (C=O) groups excluding carboxylic acids is 7. The third kappa shape index (κ3) is 18.4. The summed E-state index contributed by atoms with van der Waals surface area (Å²) in [5.41, 5.74) is 15.8. The van der Waals surface area contributed by atoms with Gasteiger partial charge in [-0.25, -0.2) is 0 Å². The molecule has 1 aliphatic rings. The van der Waals surface area contributed by atoms with E-state index in [9.17, 15) is 38.4 Å². The molecule has 5 atom stereocenters. The topological polar surface area (TPSA) is 348 Å². The maximum absolute atomic E-state index is 13.5. The highest BCUT2D eigenvalue weighted by Crippen LogP contribution is 2.21. The zero-order chi connectivity index (χ0) is 39.4. The number of nitrogens with two attached hydrogens (primary N) is 3. The minimum Gasteiger partial charge on any atom is -0.481 e. The van der Waals surface area contributed by atoms with Gasteiger partial charge in [-0.15, -0.1) is 0 Å². The summed E-state index contributed by atoms with van der Waals surface area (Å²) in [6.07, 6.45) is 0.469. The van der Waals surface area contributed by atoms with Crippen LogP contribution in [0.15, 0.2) is 4.99 Å². The first kappa shape index (κ1) is 45.9. The van der Waals surface area contributed by atoms with E-state index < -0.39 is 102 Å². The predicted molar refractivity (Wildman–Crippen MR) is 185 cm³/mol. The molecule has 0 aromatic rings. The predicted octanol–water partition coefficient (Wildman–Crippen LogP) is -4.26. The van der Waals surface area contributed by atoms with Crippen LogP contribution in [0.25, 0.3) is 0 Å². The normalized spacial score (nSPS) is 15.7. The Kier molecular flexibility index (Phi) is 20.9. The minimum absolute atomic E-state index is 0.122. The molecule has 21 nitrogen and oxygen atoms in total. The summed E-state index contributed by atoms with van der Waals surface area (Å²) in [4.78, 5) is 113. The second-order valence-corrected chi connectivity index (χ2v) is 12.1. The smallest absolute Gasteiger partial charge is 0.305 e. The number of amides is 7. The molecule has 1 fully saturated rings. The molecule has 0 saturated carbocycles. The maximum atomic E-state index is 13.5. The monoisotopic (exact) mass is 746 g/mol. The number of rotatable bonds is 19. The standard InChI is InChI=1S/C27H46N10O9S.C2H4O2/c1-13(2)21(26(46)37-9-5-7-18(37)25(45)34-16(22(28)42)10-20(40)41)36-19(39)11-32-23(43)17(12-47)35-24(44)15(33-14(3)38)6-4-8-31-27(29)30;1-2(3)4/h13,15-18,21,47H,4-12H2,1-3H3,(H2,28,42)(H,32,43)(H,33,38)(H,34,45)(H,35,44)(H,36,39)(H,40,41)(H4,29,30,31);1H3,(H,3,4)/t15-,16+,17-,18-,21-;/m1./s1. The summed E-state index contributed by atoms with van der Waals surface area (Å²) in [7, 11) is 0. The number of carboxylic acids is 2. The van der Waals surface area contributed by atoms with E-state index in [1.165, 1.54) is 11.8 Å². The van der Waals surface area contributed by atoms with Crippen molar-refractivity contribution < 1.29 is 53.4 Å². The van der Waals surface area contributed by atoms with E-state index in [0.717, 1.165) is 6.92 Å². The summed E-state index contributed by atoms with van der Waals surface area (Å²) < 4.78 is 0. The quantitative estimate of drug-likeness (QED) is 0.0259. The van der Waals surface area contributed by atoms with Gasteiger partial charge in [-0.1, -0.05) is 13.8 Å². The number of nitrogens with zero attached hydrogens (tertiary/aromatic N) is 2. The molecule has 13 N–H and O–H groups in total. The molecule has 22 heteroatoms. The zero-order valence-electron chi connectivity index (χ0n) is 29.0. The molecule has 0 aliphatic carbocycles. The molecule has 1 aliphatic heterocycles. The molecule has 0 unspecified atom stereocenters. The lowest BCUT2D eigenvalue weighted by molar-refractivity contribution is -0.144. The molecule has 1 rings (SSSR count). The highest BCUT2D eigenvalue weighted by atomic mass is 32.1. The largest absolute Gasteiger partial charge is 0.481 e. The molecular weight excluding hydrogens is 696 g/mol. The van der Waals surface area contributed by atoms with Gasteiger partial charge in [0.15, 0.2) is 5.96 Å². The van der Waals surface area contributed by atoms with Crippen molar-refractivity contribution in [1.82, 2.24) is 31.5 Å². The number of aliphatic carboxylic acids is 2. The second-order valence-electron chi connectivity index (χ2n) is 11.7. The van der Waals surface area contributed by atoms with Gasteiger partial charge in [0.25, 0.3) is 5.97 Å². The first-order valence-corrected chi connectivity index (χ1v) is 16.5. The molecule has 0 aromatic heterocycles. The number of carbonyl (C=O) groups is 9. The van der Waals surface area contributed by atoms with E-state index in [1.807, 2.05) is 0 Å². The Morgan fingerprint density at radius 3 is 1.98 bits per heavy atom. The van der Waals surface area contributed by atoms with Gasteiger partial charge >= 0.3 is 5.97 Å². The average molecular weight is 747 g/mol. The maximum Gasteiger partial charge on any atom is 0.305 e. The molecular formula is C29H50N10O11S. The van der Waals surface area contributed by atoms with Crippen molar-refractivity contribution in [3.8, 4) is 0 Å². The summed E-state index contributed by atoms with van der Waals surface area (Å²) in [5, 5.41) is 28.6. The lowest BCUT2D eigenvalue weighted by Crippen LogP contribution is -2.58. The van der Waals surface area contributed by atoms with Crippen molar-refractivity contribution in [2.45, 2.75) is 90.0 Å². The van der Waals surface area contributed by atoms with Gasteiger partial charge in [0.05, 0.1) is 13.0 Å². The minimum atomic E-state index is -1.47. The highest BCUT2D eigenvalue weighted by Gasteiger charge is 2.40. The number of primary amides is 1. The van der Waals surface area contributed by atoms with Gasteiger partial charge in [-0.3, -0.25) is 48.1 Å². The number of guanidine groups is 1. The van der Waals surface area contributed by atoms with Crippen molar-refractivity contribution in [3.05, 3.63) is 0 Å². The van der Waals surface area contributed by atoms with E-state index >= 15 is 0 Å². The van der Waals surface area contributed by atoms with E-state index in [0.29, 0.717) is 12.8 Å². The molecule has 1 heterocycles.